The first kappa shape index (κ1) is 22.9. The summed E-state index contributed by atoms with van der Waals surface area (Å²) in [5, 5.41) is -0.334. The summed E-state index contributed by atoms with van der Waals surface area (Å²) in [7, 11) is 1.49. The second-order valence-corrected chi connectivity index (χ2v) is 8.21. The second kappa shape index (κ2) is 10.5. The molecule has 7 nitrogen and oxygen atoms in total. The van der Waals surface area contributed by atoms with Crippen LogP contribution in [0.5, 0.6) is 11.5 Å². The fraction of sp³-hybridized carbons (Fsp3) is 0.227. The van der Waals surface area contributed by atoms with Crippen molar-refractivity contribution in [3.63, 3.8) is 0 Å². The van der Waals surface area contributed by atoms with Crippen molar-refractivity contribution in [3.8, 4) is 11.5 Å². The molecule has 1 aliphatic heterocycles. The van der Waals surface area contributed by atoms with Crippen LogP contribution >= 0.6 is 27.7 Å². The first-order valence-corrected chi connectivity index (χ1v) is 11.0. The number of rotatable bonds is 8. The van der Waals surface area contributed by atoms with E-state index in [2.05, 4.69) is 15.9 Å². The Hall–Kier alpha value is -2.78. The quantitative estimate of drug-likeness (QED) is 0.381. The number of carbonyl (C=O) groups is 3. The number of esters is 1. The van der Waals surface area contributed by atoms with E-state index in [0.29, 0.717) is 22.0 Å². The van der Waals surface area contributed by atoms with Gasteiger partial charge in [-0.3, -0.25) is 14.5 Å². The summed E-state index contributed by atoms with van der Waals surface area (Å²) in [5.41, 5.74) is 1.47. The first-order chi connectivity index (χ1) is 14.9. The van der Waals surface area contributed by atoms with E-state index in [1.54, 1.807) is 31.2 Å². The Labute approximate surface area is 192 Å². The lowest BCUT2D eigenvalue weighted by atomic mass is 10.1. The number of imide groups is 1. The van der Waals surface area contributed by atoms with Crippen molar-refractivity contribution in [1.82, 2.24) is 4.90 Å². The number of thioether (sulfide) groups is 1. The van der Waals surface area contributed by atoms with Crippen LogP contribution in [-0.4, -0.2) is 42.3 Å². The molecule has 162 valence electrons. The molecule has 0 aliphatic carbocycles. The lowest BCUT2D eigenvalue weighted by Gasteiger charge is -2.13. The van der Waals surface area contributed by atoms with Crippen molar-refractivity contribution in [2.75, 3.05) is 20.3 Å². The Morgan fingerprint density at radius 3 is 2.65 bits per heavy atom. The van der Waals surface area contributed by atoms with E-state index in [1.165, 1.54) is 12.0 Å². The molecule has 9 heteroatoms. The van der Waals surface area contributed by atoms with Crippen molar-refractivity contribution >= 4 is 50.9 Å². The van der Waals surface area contributed by atoms with Crippen LogP contribution in [0.1, 0.15) is 18.1 Å². The molecular formula is C22H20BrNO6S. The summed E-state index contributed by atoms with van der Waals surface area (Å²) in [5.74, 6) is -0.0982. The smallest absolute Gasteiger partial charge is 0.344 e. The summed E-state index contributed by atoms with van der Waals surface area (Å²) >= 11 is 4.32. The van der Waals surface area contributed by atoms with Crippen molar-refractivity contribution in [1.29, 1.82) is 0 Å². The average Bonchev–Trinajstić information content (AvgIpc) is 3.01. The van der Waals surface area contributed by atoms with Gasteiger partial charge in [0.2, 0.25) is 0 Å². The highest BCUT2D eigenvalue weighted by Gasteiger charge is 2.35. The van der Waals surface area contributed by atoms with Gasteiger partial charge in [0.05, 0.1) is 25.2 Å². The number of amides is 2. The van der Waals surface area contributed by atoms with E-state index < -0.39 is 5.97 Å². The number of ether oxygens (including phenoxy) is 3. The van der Waals surface area contributed by atoms with Gasteiger partial charge >= 0.3 is 5.97 Å². The predicted octanol–water partition coefficient (Wildman–Crippen LogP) is 4.64. The van der Waals surface area contributed by atoms with E-state index in [9.17, 15) is 14.4 Å². The molecule has 0 bridgehead atoms. The number of hydrogen-bond donors (Lipinski definition) is 0. The van der Waals surface area contributed by atoms with Gasteiger partial charge in [0, 0.05) is 4.47 Å². The maximum absolute atomic E-state index is 12.8. The zero-order valence-electron chi connectivity index (χ0n) is 16.9. The topological polar surface area (TPSA) is 82.1 Å². The van der Waals surface area contributed by atoms with Gasteiger partial charge in [0.25, 0.3) is 11.1 Å². The molecule has 2 aromatic carbocycles. The Kier molecular flexibility index (Phi) is 7.75. The van der Waals surface area contributed by atoms with Crippen LogP contribution in [0.25, 0.3) is 6.08 Å². The number of benzene rings is 2. The lowest BCUT2D eigenvalue weighted by Crippen LogP contribution is -2.27. The van der Waals surface area contributed by atoms with Gasteiger partial charge in [0.15, 0.2) is 18.1 Å². The molecule has 1 saturated heterocycles. The van der Waals surface area contributed by atoms with E-state index in [-0.39, 0.29) is 30.9 Å². The standard InChI is InChI=1S/C22H20BrNO6S/c1-3-29-20(25)13-30-18-10-14(8-9-17(18)28-2)11-19-21(26)24(22(27)31-19)12-15-6-4-5-7-16(15)23/h4-11H,3,12-13H2,1-2H3/b19-11-. The van der Waals surface area contributed by atoms with Gasteiger partial charge in [-0.05, 0) is 54.1 Å². The molecule has 0 radical (unpaired) electrons. The fourth-order valence-electron chi connectivity index (χ4n) is 2.82. The summed E-state index contributed by atoms with van der Waals surface area (Å²) < 4.78 is 16.5. The Morgan fingerprint density at radius 2 is 1.94 bits per heavy atom. The highest BCUT2D eigenvalue weighted by molar-refractivity contribution is 9.10. The van der Waals surface area contributed by atoms with Crippen LogP contribution in [-0.2, 0) is 20.9 Å². The monoisotopic (exact) mass is 505 g/mol. The number of hydrogen-bond acceptors (Lipinski definition) is 7. The first-order valence-electron chi connectivity index (χ1n) is 9.38. The third-order valence-corrected chi connectivity index (χ3v) is 5.98. The van der Waals surface area contributed by atoms with Crippen LogP contribution in [0.3, 0.4) is 0 Å². The molecule has 1 fully saturated rings. The molecular weight excluding hydrogens is 486 g/mol. The van der Waals surface area contributed by atoms with Gasteiger partial charge in [-0.15, -0.1) is 0 Å². The molecule has 0 saturated carbocycles. The molecule has 2 aromatic rings. The summed E-state index contributed by atoms with van der Waals surface area (Å²) in [6, 6.07) is 12.5. The maximum Gasteiger partial charge on any atom is 0.344 e. The summed E-state index contributed by atoms with van der Waals surface area (Å²) in [4.78, 5) is 38.3. The van der Waals surface area contributed by atoms with Crippen molar-refractivity contribution in [2.24, 2.45) is 0 Å². The largest absolute Gasteiger partial charge is 0.493 e. The second-order valence-electron chi connectivity index (χ2n) is 6.36. The third kappa shape index (κ3) is 5.68. The lowest BCUT2D eigenvalue weighted by molar-refractivity contribution is -0.145. The minimum Gasteiger partial charge on any atom is -0.493 e. The van der Waals surface area contributed by atoms with E-state index >= 15 is 0 Å². The summed E-state index contributed by atoms with van der Waals surface area (Å²) in [6.07, 6.45) is 1.61. The predicted molar refractivity (Wildman–Crippen MR) is 121 cm³/mol. The molecule has 0 N–H and O–H groups in total. The molecule has 1 heterocycles. The molecule has 0 aromatic heterocycles. The molecule has 0 spiro atoms. The zero-order valence-corrected chi connectivity index (χ0v) is 19.3. The van der Waals surface area contributed by atoms with E-state index in [4.69, 9.17) is 14.2 Å². The highest BCUT2D eigenvalue weighted by atomic mass is 79.9. The van der Waals surface area contributed by atoms with Crippen LogP contribution in [0, 0.1) is 0 Å². The maximum atomic E-state index is 12.8. The fourth-order valence-corrected chi connectivity index (χ4v) is 4.07. The number of nitrogens with zero attached hydrogens (tertiary/aromatic N) is 1. The Morgan fingerprint density at radius 1 is 1.16 bits per heavy atom. The van der Waals surface area contributed by atoms with Crippen LogP contribution in [0.15, 0.2) is 51.8 Å². The molecule has 2 amide bonds. The molecule has 31 heavy (non-hydrogen) atoms. The van der Waals surface area contributed by atoms with Crippen molar-refractivity contribution in [2.45, 2.75) is 13.5 Å². The zero-order chi connectivity index (χ0) is 22.4. The van der Waals surface area contributed by atoms with Gasteiger partial charge in [0.1, 0.15) is 0 Å². The molecule has 1 aliphatic rings. The van der Waals surface area contributed by atoms with Gasteiger partial charge in [-0.2, -0.15) is 0 Å². The highest BCUT2D eigenvalue weighted by Crippen LogP contribution is 2.35. The van der Waals surface area contributed by atoms with Gasteiger partial charge in [-0.25, -0.2) is 4.79 Å². The van der Waals surface area contributed by atoms with Crippen LogP contribution < -0.4 is 9.47 Å². The molecule has 0 atom stereocenters. The number of halogens is 1. The van der Waals surface area contributed by atoms with Crippen molar-refractivity contribution in [3.05, 3.63) is 63.0 Å². The SMILES string of the molecule is CCOC(=O)COc1cc(/C=C2\SC(=O)N(Cc3ccccc3Br)C2=O)ccc1OC. The third-order valence-electron chi connectivity index (χ3n) is 4.30. The summed E-state index contributed by atoms with van der Waals surface area (Å²) in [6.45, 7) is 1.88. The van der Waals surface area contributed by atoms with Gasteiger partial charge in [-0.1, -0.05) is 40.2 Å². The van der Waals surface area contributed by atoms with E-state index in [1.807, 2.05) is 24.3 Å². The minimum absolute atomic E-state index is 0.180. The van der Waals surface area contributed by atoms with Crippen LogP contribution in [0.4, 0.5) is 4.79 Å². The average molecular weight is 506 g/mol. The normalized spacial score (nSPS) is 14.8. The van der Waals surface area contributed by atoms with Crippen LogP contribution in [0.2, 0.25) is 0 Å². The minimum atomic E-state index is -0.497. The number of methoxy groups -OCH3 is 1. The Bertz CT molecular complexity index is 1040. The van der Waals surface area contributed by atoms with Gasteiger partial charge < -0.3 is 14.2 Å². The van der Waals surface area contributed by atoms with Crippen molar-refractivity contribution < 1.29 is 28.6 Å². The molecule has 3 rings (SSSR count). The van der Waals surface area contributed by atoms with E-state index in [0.717, 1.165) is 21.8 Å². The Balaban J connectivity index is 1.78. The number of carbonyl (C=O) groups excluding carboxylic acids is 3. The molecule has 0 unspecified atom stereocenters.